The molecule has 2 aromatic rings. The van der Waals surface area contributed by atoms with Crippen LogP contribution < -0.4 is 0 Å². The molecule has 31 heavy (non-hydrogen) atoms. The van der Waals surface area contributed by atoms with E-state index in [1.54, 1.807) is 0 Å². The first-order valence-corrected chi connectivity index (χ1v) is 11.2. The van der Waals surface area contributed by atoms with Crippen molar-refractivity contribution in [2.24, 2.45) is 5.92 Å². The van der Waals surface area contributed by atoms with Gasteiger partial charge in [0, 0.05) is 17.9 Å². The second-order valence-corrected chi connectivity index (χ2v) is 8.59. The smallest absolute Gasteiger partial charge is 0.338 e. The van der Waals surface area contributed by atoms with Crippen molar-refractivity contribution in [2.75, 3.05) is 13.2 Å². The van der Waals surface area contributed by atoms with E-state index in [0.29, 0.717) is 30.8 Å². The highest BCUT2D eigenvalue weighted by molar-refractivity contribution is 5.96. The fourth-order valence-corrected chi connectivity index (χ4v) is 4.31. The molecular weight excluding hydrogens is 392 g/mol. The number of hydrogen-bond acceptors (Lipinski definition) is 5. The average Bonchev–Trinajstić information content (AvgIpc) is 3.36. The highest BCUT2D eigenvalue weighted by Crippen LogP contribution is 2.35. The quantitative estimate of drug-likeness (QED) is 0.461. The number of unbranched alkanes of at least 4 members (excludes halogenated alkanes) is 1. The van der Waals surface area contributed by atoms with Crippen molar-refractivity contribution in [1.29, 1.82) is 0 Å². The molecule has 164 valence electrons. The molecule has 0 bridgehead atoms. The molecule has 5 nitrogen and oxygen atoms in total. The Morgan fingerprint density at radius 3 is 2.32 bits per heavy atom. The average molecular weight is 423 g/mol. The number of benzene rings is 2. The first-order chi connectivity index (χ1) is 15.0. The zero-order valence-corrected chi connectivity index (χ0v) is 18.2. The molecule has 2 heterocycles. The third-order valence-corrected chi connectivity index (χ3v) is 6.20. The van der Waals surface area contributed by atoms with Crippen LogP contribution in [-0.4, -0.2) is 43.3 Å². The fraction of sp³-hybridized carbons (Fsp3) is 0.462. The van der Waals surface area contributed by atoms with Crippen LogP contribution in [0.15, 0.2) is 48.5 Å². The lowest BCUT2D eigenvalue weighted by atomic mass is 9.93. The van der Waals surface area contributed by atoms with E-state index in [4.69, 9.17) is 14.2 Å². The Hall–Kier alpha value is -2.50. The number of fused-ring (bicyclic) bond motifs is 1. The SMILES string of the molecule is CCCCc1ccc(C(=O)O[C@@H]2CO[C@@H]3[C@@H](CC(=O)c4ccc(C)cc4)CO[C@@H]32)cc1. The second kappa shape index (κ2) is 9.75. The number of ether oxygens (including phenoxy) is 3. The van der Waals surface area contributed by atoms with Crippen molar-refractivity contribution in [3.05, 3.63) is 70.8 Å². The third kappa shape index (κ3) is 5.05. The zero-order chi connectivity index (χ0) is 21.8. The van der Waals surface area contributed by atoms with E-state index < -0.39 is 6.10 Å². The van der Waals surface area contributed by atoms with Gasteiger partial charge in [0.25, 0.3) is 0 Å². The van der Waals surface area contributed by atoms with E-state index in [0.717, 1.165) is 24.8 Å². The molecule has 2 aromatic carbocycles. The number of esters is 1. The summed E-state index contributed by atoms with van der Waals surface area (Å²) in [6, 6.07) is 15.2. The van der Waals surface area contributed by atoms with E-state index in [9.17, 15) is 9.59 Å². The van der Waals surface area contributed by atoms with Crippen LogP contribution >= 0.6 is 0 Å². The van der Waals surface area contributed by atoms with Gasteiger partial charge in [0.2, 0.25) is 0 Å². The molecule has 4 rings (SSSR count). The van der Waals surface area contributed by atoms with Gasteiger partial charge in [-0.3, -0.25) is 4.79 Å². The first-order valence-electron chi connectivity index (χ1n) is 11.2. The first kappa shape index (κ1) is 21.7. The van der Waals surface area contributed by atoms with Gasteiger partial charge in [-0.2, -0.15) is 0 Å². The van der Waals surface area contributed by atoms with Gasteiger partial charge in [-0.05, 0) is 37.5 Å². The Morgan fingerprint density at radius 1 is 0.935 bits per heavy atom. The summed E-state index contributed by atoms with van der Waals surface area (Å²) in [5.74, 6) is -0.305. The molecule has 0 spiro atoms. The van der Waals surface area contributed by atoms with Gasteiger partial charge >= 0.3 is 5.97 Å². The molecule has 4 atom stereocenters. The minimum atomic E-state index is -0.447. The molecular formula is C26H30O5. The van der Waals surface area contributed by atoms with Crippen LogP contribution in [0.3, 0.4) is 0 Å². The van der Waals surface area contributed by atoms with Crippen molar-refractivity contribution >= 4 is 11.8 Å². The predicted octanol–water partition coefficient (Wildman–Crippen LogP) is 4.55. The molecule has 0 N–H and O–H groups in total. The van der Waals surface area contributed by atoms with Crippen LogP contribution in [0.25, 0.3) is 0 Å². The van der Waals surface area contributed by atoms with Gasteiger partial charge in [0.1, 0.15) is 6.10 Å². The van der Waals surface area contributed by atoms with Crippen LogP contribution in [0.5, 0.6) is 0 Å². The van der Waals surface area contributed by atoms with E-state index >= 15 is 0 Å². The predicted molar refractivity (Wildman–Crippen MR) is 117 cm³/mol. The Morgan fingerprint density at radius 2 is 1.61 bits per heavy atom. The maximum atomic E-state index is 12.6. The Balaban J connectivity index is 1.32. The molecule has 2 fully saturated rings. The van der Waals surface area contributed by atoms with Gasteiger partial charge in [-0.1, -0.05) is 55.3 Å². The van der Waals surface area contributed by atoms with Gasteiger partial charge in [-0.15, -0.1) is 0 Å². The molecule has 5 heteroatoms. The number of Topliss-reactive ketones (excluding diaryl/α,β-unsaturated/α-hetero) is 1. The fourth-order valence-electron chi connectivity index (χ4n) is 4.31. The van der Waals surface area contributed by atoms with Gasteiger partial charge < -0.3 is 14.2 Å². The molecule has 0 saturated carbocycles. The van der Waals surface area contributed by atoms with Crippen molar-refractivity contribution in [3.8, 4) is 0 Å². The second-order valence-electron chi connectivity index (χ2n) is 8.59. The normalized spacial score (nSPS) is 24.7. The molecule has 0 radical (unpaired) electrons. The van der Waals surface area contributed by atoms with Crippen LogP contribution in [-0.2, 0) is 20.6 Å². The number of carbonyl (C=O) groups is 2. The molecule has 2 aliphatic heterocycles. The Kier molecular flexibility index (Phi) is 6.83. The lowest BCUT2D eigenvalue weighted by Crippen LogP contribution is -2.33. The van der Waals surface area contributed by atoms with E-state index in [1.165, 1.54) is 5.56 Å². The summed E-state index contributed by atoms with van der Waals surface area (Å²) in [6.45, 7) is 4.90. The lowest BCUT2D eigenvalue weighted by Gasteiger charge is -2.17. The zero-order valence-electron chi connectivity index (χ0n) is 18.2. The highest BCUT2D eigenvalue weighted by Gasteiger charge is 2.49. The minimum absolute atomic E-state index is 0.0274. The maximum Gasteiger partial charge on any atom is 0.338 e. The van der Waals surface area contributed by atoms with Crippen LogP contribution in [0.1, 0.15) is 58.0 Å². The van der Waals surface area contributed by atoms with E-state index in [-0.39, 0.29) is 29.9 Å². The standard InChI is InChI=1S/C26H30O5/c1-3-4-5-18-8-12-20(13-9-18)26(28)31-23-16-30-24-21(15-29-25(23)24)14-22(27)19-10-6-17(2)7-11-19/h6-13,21,23-25H,3-5,14-16H2,1-2H3/t21-,23+,24+,25+/m0/s1. The minimum Gasteiger partial charge on any atom is -0.453 e. The largest absolute Gasteiger partial charge is 0.453 e. The van der Waals surface area contributed by atoms with Gasteiger partial charge in [-0.25, -0.2) is 4.79 Å². The summed E-state index contributed by atoms with van der Waals surface area (Å²) >= 11 is 0. The van der Waals surface area contributed by atoms with Gasteiger partial charge in [0.15, 0.2) is 11.9 Å². The Bertz CT molecular complexity index is 902. The summed E-state index contributed by atoms with van der Waals surface area (Å²) < 4.78 is 17.5. The van der Waals surface area contributed by atoms with Crippen molar-refractivity contribution in [2.45, 2.75) is 57.8 Å². The maximum absolute atomic E-state index is 12.6. The van der Waals surface area contributed by atoms with Gasteiger partial charge in [0.05, 0.1) is 24.9 Å². The molecule has 0 amide bonds. The van der Waals surface area contributed by atoms with Crippen LogP contribution in [0.2, 0.25) is 0 Å². The van der Waals surface area contributed by atoms with E-state index in [2.05, 4.69) is 6.92 Å². The molecule has 2 saturated heterocycles. The molecule has 0 unspecified atom stereocenters. The molecule has 0 aliphatic carbocycles. The van der Waals surface area contributed by atoms with Crippen molar-refractivity contribution in [3.63, 3.8) is 0 Å². The monoisotopic (exact) mass is 422 g/mol. The Labute approximate surface area is 183 Å². The highest BCUT2D eigenvalue weighted by atomic mass is 16.6. The number of ketones is 1. The molecule has 2 aliphatic rings. The lowest BCUT2D eigenvalue weighted by molar-refractivity contribution is -0.0161. The third-order valence-electron chi connectivity index (χ3n) is 6.20. The van der Waals surface area contributed by atoms with E-state index in [1.807, 2.05) is 55.5 Å². The topological polar surface area (TPSA) is 61.8 Å². The number of aryl methyl sites for hydroxylation is 2. The summed E-state index contributed by atoms with van der Waals surface area (Å²) in [5, 5.41) is 0. The van der Waals surface area contributed by atoms with Crippen molar-refractivity contribution in [1.82, 2.24) is 0 Å². The summed E-state index contributed by atoms with van der Waals surface area (Å²) in [6.07, 6.45) is 2.68. The summed E-state index contributed by atoms with van der Waals surface area (Å²) in [4.78, 5) is 25.2. The number of rotatable bonds is 8. The summed E-state index contributed by atoms with van der Waals surface area (Å²) in [5.41, 5.74) is 3.59. The number of carbonyl (C=O) groups excluding carboxylic acids is 2. The van der Waals surface area contributed by atoms with Crippen LogP contribution in [0.4, 0.5) is 0 Å². The van der Waals surface area contributed by atoms with Crippen molar-refractivity contribution < 1.29 is 23.8 Å². The van der Waals surface area contributed by atoms with Crippen LogP contribution in [0, 0.1) is 12.8 Å². The summed E-state index contributed by atoms with van der Waals surface area (Å²) in [7, 11) is 0. The number of hydrogen-bond donors (Lipinski definition) is 0. The molecule has 0 aromatic heterocycles.